The number of methoxy groups -OCH3 is 2. The summed E-state index contributed by atoms with van der Waals surface area (Å²) in [7, 11) is 5.27. The van der Waals surface area contributed by atoms with Gasteiger partial charge < -0.3 is 14.8 Å². The topological polar surface area (TPSA) is 30.5 Å². The molecule has 4 heteroatoms. The maximum absolute atomic E-state index is 5.46. The number of ether oxygens (including phenoxy) is 2. The molecule has 0 aromatic heterocycles. The Bertz CT molecular complexity index is 430. The van der Waals surface area contributed by atoms with Crippen LogP contribution in [0.5, 0.6) is 11.5 Å². The first-order valence-electron chi connectivity index (χ1n) is 5.87. The molecule has 0 saturated carbocycles. The van der Waals surface area contributed by atoms with E-state index in [-0.39, 0.29) is 0 Å². The Labute approximate surface area is 117 Å². The van der Waals surface area contributed by atoms with Gasteiger partial charge in [-0.3, -0.25) is 0 Å². The molecule has 0 amide bonds. The molecule has 3 nitrogen and oxygen atoms in total. The van der Waals surface area contributed by atoms with Crippen molar-refractivity contribution in [1.29, 1.82) is 0 Å². The molecule has 1 rings (SSSR count). The summed E-state index contributed by atoms with van der Waals surface area (Å²) in [5, 5.41) is 3.13. The maximum atomic E-state index is 5.46. The van der Waals surface area contributed by atoms with E-state index >= 15 is 0 Å². The molecular weight excluding hydrogens is 294 g/mol. The van der Waals surface area contributed by atoms with Crippen LogP contribution in [0.3, 0.4) is 0 Å². The van der Waals surface area contributed by atoms with Crippen molar-refractivity contribution in [3.05, 3.63) is 28.2 Å². The van der Waals surface area contributed by atoms with Gasteiger partial charge >= 0.3 is 0 Å². The molecule has 0 heterocycles. The summed E-state index contributed by atoms with van der Waals surface area (Å²) >= 11 is 3.51. The lowest BCUT2D eigenvalue weighted by molar-refractivity contribution is 0.388. The predicted molar refractivity (Wildman–Crippen MR) is 79.4 cm³/mol. The lowest BCUT2D eigenvalue weighted by atomic mass is 10.0. The van der Waals surface area contributed by atoms with Gasteiger partial charge in [-0.05, 0) is 60.6 Å². The third-order valence-electron chi connectivity index (χ3n) is 2.76. The summed E-state index contributed by atoms with van der Waals surface area (Å²) in [6.45, 7) is 3.06. The Morgan fingerprint density at radius 1 is 1.33 bits per heavy atom. The number of halogens is 1. The average molecular weight is 314 g/mol. The van der Waals surface area contributed by atoms with Gasteiger partial charge in [-0.1, -0.05) is 6.08 Å². The molecule has 0 fully saturated rings. The van der Waals surface area contributed by atoms with E-state index in [4.69, 9.17) is 9.47 Å². The molecule has 100 valence electrons. The SMILES string of the molecule is CNCC/C=C(/C)c1ccc(OC)c(Br)c1OC. The first kappa shape index (κ1) is 15.1. The van der Waals surface area contributed by atoms with Crippen molar-refractivity contribution in [1.82, 2.24) is 5.32 Å². The summed E-state index contributed by atoms with van der Waals surface area (Å²) in [6, 6.07) is 3.96. The molecule has 1 aromatic carbocycles. The lowest BCUT2D eigenvalue weighted by Crippen LogP contribution is -2.06. The van der Waals surface area contributed by atoms with Gasteiger partial charge in [0.15, 0.2) is 0 Å². The van der Waals surface area contributed by atoms with Gasteiger partial charge in [0.25, 0.3) is 0 Å². The minimum atomic E-state index is 0.777. The van der Waals surface area contributed by atoms with Crippen LogP contribution in [0.15, 0.2) is 22.7 Å². The molecule has 0 atom stereocenters. The summed E-state index contributed by atoms with van der Waals surface area (Å²) in [6.07, 6.45) is 3.20. The van der Waals surface area contributed by atoms with Crippen molar-refractivity contribution in [3.8, 4) is 11.5 Å². The minimum Gasteiger partial charge on any atom is -0.495 e. The van der Waals surface area contributed by atoms with E-state index in [1.54, 1.807) is 14.2 Å². The van der Waals surface area contributed by atoms with Gasteiger partial charge in [0.05, 0.1) is 14.2 Å². The zero-order valence-corrected chi connectivity index (χ0v) is 12.9. The van der Waals surface area contributed by atoms with Crippen molar-refractivity contribution in [2.24, 2.45) is 0 Å². The van der Waals surface area contributed by atoms with Crippen LogP contribution in [-0.2, 0) is 0 Å². The molecule has 18 heavy (non-hydrogen) atoms. The smallest absolute Gasteiger partial charge is 0.144 e. The maximum Gasteiger partial charge on any atom is 0.144 e. The van der Waals surface area contributed by atoms with Crippen LogP contribution in [0.25, 0.3) is 5.57 Å². The number of hydrogen-bond acceptors (Lipinski definition) is 3. The second-order valence-electron chi connectivity index (χ2n) is 3.94. The zero-order chi connectivity index (χ0) is 13.5. The van der Waals surface area contributed by atoms with E-state index < -0.39 is 0 Å². The Balaban J connectivity index is 3.09. The summed E-state index contributed by atoms with van der Waals surface area (Å²) in [4.78, 5) is 0. The first-order valence-corrected chi connectivity index (χ1v) is 6.67. The molecule has 0 saturated heterocycles. The Hall–Kier alpha value is -1.00. The second kappa shape index (κ2) is 7.44. The molecule has 0 bridgehead atoms. The number of rotatable bonds is 6. The van der Waals surface area contributed by atoms with Crippen molar-refractivity contribution >= 4 is 21.5 Å². The first-order chi connectivity index (χ1) is 8.65. The Kier molecular flexibility index (Phi) is 6.22. The van der Waals surface area contributed by atoms with Crippen LogP contribution in [0.2, 0.25) is 0 Å². The summed E-state index contributed by atoms with van der Waals surface area (Å²) in [5.41, 5.74) is 2.28. The fraction of sp³-hybridized carbons (Fsp3) is 0.429. The average Bonchev–Trinajstić information content (AvgIpc) is 2.38. The molecular formula is C14H20BrNO2. The highest BCUT2D eigenvalue weighted by atomic mass is 79.9. The normalized spacial score (nSPS) is 11.5. The highest BCUT2D eigenvalue weighted by Crippen LogP contribution is 2.39. The number of allylic oxidation sites excluding steroid dienone is 1. The Morgan fingerprint density at radius 3 is 2.61 bits per heavy atom. The Morgan fingerprint density at radius 2 is 2.06 bits per heavy atom. The highest BCUT2D eigenvalue weighted by molar-refractivity contribution is 9.10. The van der Waals surface area contributed by atoms with E-state index in [0.717, 1.165) is 34.5 Å². The van der Waals surface area contributed by atoms with E-state index in [9.17, 15) is 0 Å². The van der Waals surface area contributed by atoms with E-state index in [1.165, 1.54) is 5.57 Å². The van der Waals surface area contributed by atoms with Gasteiger partial charge in [0.1, 0.15) is 16.0 Å². The molecule has 1 aromatic rings. The van der Waals surface area contributed by atoms with E-state index in [1.807, 2.05) is 19.2 Å². The standard InChI is InChI=1S/C14H20BrNO2/c1-10(6-5-9-16-2)11-7-8-12(17-3)13(15)14(11)18-4/h6-8,16H,5,9H2,1-4H3/b10-6-. The predicted octanol–water partition coefficient (Wildman–Crippen LogP) is 3.48. The summed E-state index contributed by atoms with van der Waals surface area (Å²) in [5.74, 6) is 1.59. The van der Waals surface area contributed by atoms with Gasteiger partial charge in [0.2, 0.25) is 0 Å². The van der Waals surface area contributed by atoms with E-state index in [2.05, 4.69) is 34.2 Å². The number of benzene rings is 1. The van der Waals surface area contributed by atoms with Crippen LogP contribution >= 0.6 is 15.9 Å². The van der Waals surface area contributed by atoms with Gasteiger partial charge in [-0.15, -0.1) is 0 Å². The molecule has 0 aliphatic carbocycles. The monoisotopic (exact) mass is 313 g/mol. The zero-order valence-electron chi connectivity index (χ0n) is 11.3. The molecule has 0 spiro atoms. The molecule has 0 radical (unpaired) electrons. The number of nitrogens with one attached hydrogen (secondary N) is 1. The van der Waals surface area contributed by atoms with Crippen LogP contribution < -0.4 is 14.8 Å². The van der Waals surface area contributed by atoms with Gasteiger partial charge in [-0.2, -0.15) is 0 Å². The van der Waals surface area contributed by atoms with Crippen molar-refractivity contribution < 1.29 is 9.47 Å². The van der Waals surface area contributed by atoms with Gasteiger partial charge in [-0.25, -0.2) is 0 Å². The fourth-order valence-electron chi connectivity index (χ4n) is 1.75. The van der Waals surface area contributed by atoms with Crippen LogP contribution in [0.4, 0.5) is 0 Å². The molecule has 0 aliphatic rings. The van der Waals surface area contributed by atoms with Crippen molar-refractivity contribution in [2.75, 3.05) is 27.8 Å². The quantitative estimate of drug-likeness (QED) is 0.816. The second-order valence-corrected chi connectivity index (χ2v) is 4.73. The van der Waals surface area contributed by atoms with Crippen LogP contribution in [-0.4, -0.2) is 27.8 Å². The third-order valence-corrected chi connectivity index (χ3v) is 3.51. The van der Waals surface area contributed by atoms with Crippen molar-refractivity contribution in [3.63, 3.8) is 0 Å². The van der Waals surface area contributed by atoms with Crippen LogP contribution in [0, 0.1) is 0 Å². The molecule has 1 N–H and O–H groups in total. The number of hydrogen-bond donors (Lipinski definition) is 1. The minimum absolute atomic E-state index is 0.777. The molecule has 0 aliphatic heterocycles. The lowest BCUT2D eigenvalue weighted by Gasteiger charge is -2.13. The van der Waals surface area contributed by atoms with Crippen LogP contribution in [0.1, 0.15) is 18.9 Å². The molecule has 0 unspecified atom stereocenters. The van der Waals surface area contributed by atoms with Gasteiger partial charge in [0, 0.05) is 5.56 Å². The van der Waals surface area contributed by atoms with E-state index in [0.29, 0.717) is 0 Å². The fourth-order valence-corrected chi connectivity index (χ4v) is 2.42. The largest absolute Gasteiger partial charge is 0.495 e. The summed E-state index contributed by atoms with van der Waals surface area (Å²) < 4.78 is 11.6. The van der Waals surface area contributed by atoms with Crippen molar-refractivity contribution in [2.45, 2.75) is 13.3 Å². The third kappa shape index (κ3) is 3.50. The highest BCUT2D eigenvalue weighted by Gasteiger charge is 2.13.